The molecule has 1 aliphatic heterocycles. The molecule has 1 saturated heterocycles. The van der Waals surface area contributed by atoms with Gasteiger partial charge in [-0.3, -0.25) is 9.58 Å². The number of rotatable bonds is 7. The van der Waals surface area contributed by atoms with Gasteiger partial charge in [0.25, 0.3) is 0 Å². The largest absolute Gasteiger partial charge is 0.338 e. The number of piperazine rings is 1. The molecule has 3 rings (SSSR count). The van der Waals surface area contributed by atoms with Crippen LogP contribution < -0.4 is 5.32 Å². The molecule has 0 radical (unpaired) electrons. The number of hydrogen-bond donors (Lipinski definition) is 1. The van der Waals surface area contributed by atoms with Crippen molar-refractivity contribution in [3.8, 4) is 0 Å². The van der Waals surface area contributed by atoms with Crippen molar-refractivity contribution in [3.63, 3.8) is 0 Å². The second-order valence-corrected chi connectivity index (χ2v) is 7.96. The highest BCUT2D eigenvalue weighted by Crippen LogP contribution is 2.08. The second-order valence-electron chi connectivity index (χ2n) is 7.96. The SMILES string of the molecule is Cc1cc(C)n(C[C@@H](C)CNC(=O)N2CCN(CCc3ccccc3)CC2)n1. The van der Waals surface area contributed by atoms with Crippen molar-refractivity contribution in [2.24, 2.45) is 5.92 Å². The van der Waals surface area contributed by atoms with E-state index in [1.54, 1.807) is 0 Å². The highest BCUT2D eigenvalue weighted by atomic mass is 16.2. The van der Waals surface area contributed by atoms with E-state index in [9.17, 15) is 4.79 Å². The molecule has 0 bridgehead atoms. The fourth-order valence-electron chi connectivity index (χ4n) is 3.70. The number of carbonyl (C=O) groups excluding carboxylic acids is 1. The Hall–Kier alpha value is -2.34. The van der Waals surface area contributed by atoms with Gasteiger partial charge in [-0.2, -0.15) is 5.10 Å². The van der Waals surface area contributed by atoms with E-state index in [0.29, 0.717) is 12.5 Å². The van der Waals surface area contributed by atoms with E-state index in [-0.39, 0.29) is 6.03 Å². The number of nitrogens with one attached hydrogen (secondary N) is 1. The number of hydrogen-bond acceptors (Lipinski definition) is 3. The predicted molar refractivity (Wildman–Crippen MR) is 112 cm³/mol. The van der Waals surface area contributed by atoms with Crippen LogP contribution in [0.2, 0.25) is 0 Å². The lowest BCUT2D eigenvalue weighted by Crippen LogP contribution is -2.52. The van der Waals surface area contributed by atoms with Crippen LogP contribution in [0.15, 0.2) is 36.4 Å². The molecule has 1 aliphatic rings. The molecule has 152 valence electrons. The van der Waals surface area contributed by atoms with E-state index >= 15 is 0 Å². The lowest BCUT2D eigenvalue weighted by atomic mass is 10.1. The molecule has 2 heterocycles. The van der Waals surface area contributed by atoms with Gasteiger partial charge in [0.15, 0.2) is 0 Å². The molecular formula is C22H33N5O. The van der Waals surface area contributed by atoms with Gasteiger partial charge in [-0.25, -0.2) is 4.79 Å². The average molecular weight is 384 g/mol. The van der Waals surface area contributed by atoms with Crippen molar-refractivity contribution in [2.75, 3.05) is 39.3 Å². The maximum atomic E-state index is 12.5. The molecule has 0 spiro atoms. The van der Waals surface area contributed by atoms with Crippen LogP contribution in [0.3, 0.4) is 0 Å². The average Bonchev–Trinajstić information content (AvgIpc) is 3.02. The maximum Gasteiger partial charge on any atom is 0.317 e. The molecule has 1 aromatic carbocycles. The van der Waals surface area contributed by atoms with Crippen molar-refractivity contribution in [1.29, 1.82) is 0 Å². The Morgan fingerprint density at radius 1 is 1.14 bits per heavy atom. The molecular weight excluding hydrogens is 350 g/mol. The summed E-state index contributed by atoms with van der Waals surface area (Å²) in [5, 5.41) is 7.60. The Morgan fingerprint density at radius 2 is 1.86 bits per heavy atom. The first-order valence-electron chi connectivity index (χ1n) is 10.3. The fraction of sp³-hybridized carbons (Fsp3) is 0.545. The van der Waals surface area contributed by atoms with E-state index < -0.39 is 0 Å². The van der Waals surface area contributed by atoms with Crippen molar-refractivity contribution >= 4 is 6.03 Å². The minimum Gasteiger partial charge on any atom is -0.338 e. The van der Waals surface area contributed by atoms with Crippen LogP contribution in [0.1, 0.15) is 23.9 Å². The molecule has 0 saturated carbocycles. The molecule has 1 aromatic heterocycles. The third-order valence-corrected chi connectivity index (χ3v) is 5.41. The van der Waals surface area contributed by atoms with E-state index in [1.807, 2.05) is 16.5 Å². The second kappa shape index (κ2) is 9.73. The Morgan fingerprint density at radius 3 is 2.50 bits per heavy atom. The van der Waals surface area contributed by atoms with Gasteiger partial charge in [-0.1, -0.05) is 37.3 Å². The summed E-state index contributed by atoms with van der Waals surface area (Å²) in [5.74, 6) is 0.342. The molecule has 1 atom stereocenters. The topological polar surface area (TPSA) is 53.4 Å². The Kier molecular flexibility index (Phi) is 7.09. The molecule has 28 heavy (non-hydrogen) atoms. The minimum absolute atomic E-state index is 0.0583. The summed E-state index contributed by atoms with van der Waals surface area (Å²) < 4.78 is 2.03. The zero-order valence-electron chi connectivity index (χ0n) is 17.4. The normalized spacial score (nSPS) is 16.2. The van der Waals surface area contributed by atoms with Gasteiger partial charge in [0.2, 0.25) is 0 Å². The number of amides is 2. The zero-order chi connectivity index (χ0) is 19.9. The molecule has 2 aromatic rings. The predicted octanol–water partition coefficient (Wildman–Crippen LogP) is 2.71. The molecule has 1 fully saturated rings. The smallest absolute Gasteiger partial charge is 0.317 e. The standard InChI is InChI=1S/C22H33N5O/c1-18(17-27-20(3)15-19(2)24-27)16-23-22(28)26-13-11-25(12-14-26)10-9-21-7-5-4-6-8-21/h4-8,15,18H,9-14,16-17H2,1-3H3,(H,23,28)/t18-/m0/s1. The first kappa shape index (κ1) is 20.4. The number of nitrogens with zero attached hydrogens (tertiary/aromatic N) is 4. The summed E-state index contributed by atoms with van der Waals surface area (Å²) in [6, 6.07) is 12.7. The monoisotopic (exact) mass is 383 g/mol. The van der Waals surface area contributed by atoms with Crippen molar-refractivity contribution < 1.29 is 4.79 Å². The summed E-state index contributed by atoms with van der Waals surface area (Å²) >= 11 is 0. The van der Waals surface area contributed by atoms with Crippen LogP contribution in [0, 0.1) is 19.8 Å². The molecule has 6 nitrogen and oxygen atoms in total. The summed E-state index contributed by atoms with van der Waals surface area (Å²) in [4.78, 5) is 16.9. The van der Waals surface area contributed by atoms with Gasteiger partial charge in [-0.05, 0) is 37.8 Å². The summed E-state index contributed by atoms with van der Waals surface area (Å²) in [7, 11) is 0. The van der Waals surface area contributed by atoms with Gasteiger partial charge in [-0.15, -0.1) is 0 Å². The minimum atomic E-state index is 0.0583. The van der Waals surface area contributed by atoms with Crippen molar-refractivity contribution in [3.05, 3.63) is 53.3 Å². The van der Waals surface area contributed by atoms with Crippen LogP contribution in [-0.4, -0.2) is 64.9 Å². The molecule has 6 heteroatoms. The van der Waals surface area contributed by atoms with Crippen molar-refractivity contribution in [2.45, 2.75) is 33.7 Å². The van der Waals surface area contributed by atoms with Crippen LogP contribution in [-0.2, 0) is 13.0 Å². The van der Waals surface area contributed by atoms with Gasteiger partial charge < -0.3 is 10.2 Å². The third kappa shape index (κ3) is 5.83. The highest BCUT2D eigenvalue weighted by molar-refractivity contribution is 5.74. The first-order chi connectivity index (χ1) is 13.5. The van der Waals surface area contributed by atoms with Gasteiger partial charge in [0.1, 0.15) is 0 Å². The molecule has 1 N–H and O–H groups in total. The van der Waals surface area contributed by atoms with Gasteiger partial charge in [0, 0.05) is 51.5 Å². The zero-order valence-corrected chi connectivity index (χ0v) is 17.4. The highest BCUT2D eigenvalue weighted by Gasteiger charge is 2.21. The van der Waals surface area contributed by atoms with Gasteiger partial charge >= 0.3 is 6.03 Å². The summed E-state index contributed by atoms with van der Waals surface area (Å²) in [6.45, 7) is 12.3. The number of aromatic nitrogens is 2. The lowest BCUT2D eigenvalue weighted by Gasteiger charge is -2.35. The van der Waals surface area contributed by atoms with E-state index in [1.165, 1.54) is 11.3 Å². The fourth-order valence-corrected chi connectivity index (χ4v) is 3.70. The first-order valence-corrected chi connectivity index (χ1v) is 10.3. The van der Waals surface area contributed by atoms with Crippen LogP contribution in [0.4, 0.5) is 4.79 Å². The van der Waals surface area contributed by atoms with Crippen molar-refractivity contribution in [1.82, 2.24) is 24.9 Å². The van der Waals surface area contributed by atoms with E-state index in [2.05, 4.69) is 65.6 Å². The Balaban J connectivity index is 1.35. The molecule has 0 aliphatic carbocycles. The number of benzene rings is 1. The molecule has 0 unspecified atom stereocenters. The van der Waals surface area contributed by atoms with E-state index in [0.717, 1.165) is 51.4 Å². The van der Waals surface area contributed by atoms with Gasteiger partial charge in [0.05, 0.1) is 5.69 Å². The Bertz CT molecular complexity index is 750. The van der Waals surface area contributed by atoms with Crippen LogP contribution in [0.5, 0.6) is 0 Å². The number of urea groups is 1. The van der Waals surface area contributed by atoms with Crippen LogP contribution >= 0.6 is 0 Å². The lowest BCUT2D eigenvalue weighted by molar-refractivity contribution is 0.139. The van der Waals surface area contributed by atoms with E-state index in [4.69, 9.17) is 0 Å². The maximum absolute atomic E-state index is 12.5. The summed E-state index contributed by atoms with van der Waals surface area (Å²) in [6.07, 6.45) is 1.07. The third-order valence-electron chi connectivity index (χ3n) is 5.41. The van der Waals surface area contributed by atoms with Crippen LogP contribution in [0.25, 0.3) is 0 Å². The number of aryl methyl sites for hydroxylation is 2. The quantitative estimate of drug-likeness (QED) is 0.800. The Labute approximate surface area is 168 Å². The number of carbonyl (C=O) groups is 1. The molecule has 2 amide bonds. The summed E-state index contributed by atoms with van der Waals surface area (Å²) in [5.41, 5.74) is 3.58.